The maximum atomic E-state index is 12.7. The number of fused-ring (bicyclic) bond motifs is 3. The number of pyridine rings is 1. The lowest BCUT2D eigenvalue weighted by molar-refractivity contribution is -0.132. The molecule has 0 aromatic carbocycles. The Morgan fingerprint density at radius 2 is 2.07 bits per heavy atom. The SMILES string of the molecule is O=C1NC(CCC(=O)N2CCN(C3=CC=CC=CC3)CC2)=Ic2ncc3c(c21)=C=3. The van der Waals surface area contributed by atoms with Crippen LogP contribution in [0.3, 0.4) is 0 Å². The van der Waals surface area contributed by atoms with E-state index >= 15 is 0 Å². The van der Waals surface area contributed by atoms with Gasteiger partial charge in [0.05, 0.1) is 14.4 Å². The molecule has 29 heavy (non-hydrogen) atoms. The van der Waals surface area contributed by atoms with Gasteiger partial charge in [-0.25, -0.2) is 4.98 Å². The normalized spacial score (nSPS) is 19.4. The van der Waals surface area contributed by atoms with Gasteiger partial charge in [-0.1, -0.05) is 30.0 Å². The van der Waals surface area contributed by atoms with E-state index in [4.69, 9.17) is 0 Å². The molecule has 1 fully saturated rings. The summed E-state index contributed by atoms with van der Waals surface area (Å²) in [7, 11) is 0. The van der Waals surface area contributed by atoms with E-state index < -0.39 is 20.7 Å². The van der Waals surface area contributed by atoms with Gasteiger partial charge in [0, 0.05) is 62.6 Å². The molecule has 2 aliphatic carbocycles. The van der Waals surface area contributed by atoms with E-state index in [0.29, 0.717) is 18.4 Å². The first-order valence-electron chi connectivity index (χ1n) is 9.86. The van der Waals surface area contributed by atoms with Gasteiger partial charge in [-0.3, -0.25) is 9.59 Å². The Hall–Kier alpha value is -2.51. The van der Waals surface area contributed by atoms with Crippen LogP contribution in [0, 0.1) is 3.70 Å². The van der Waals surface area contributed by atoms with Crippen LogP contribution in [0.25, 0.3) is 5.73 Å². The standard InChI is InChI=1S/C22H21IN4O2/c28-19(27-11-9-26(10-12-27)16-5-3-1-2-4-6-16)8-7-18-23-21-20(22(29)25-18)17-13-15(17)14-24-21/h1-5,14H,6-12H2,(H,25,29). The number of nitrogens with one attached hydrogen (secondary N) is 1. The van der Waals surface area contributed by atoms with Crippen molar-refractivity contribution in [1.29, 1.82) is 0 Å². The Morgan fingerprint density at radius 3 is 2.93 bits per heavy atom. The molecule has 0 radical (unpaired) electrons. The molecule has 7 heteroatoms. The Balaban J connectivity index is 1.16. The molecule has 0 saturated carbocycles. The minimum Gasteiger partial charge on any atom is -0.371 e. The topological polar surface area (TPSA) is 65.5 Å². The van der Waals surface area contributed by atoms with Crippen molar-refractivity contribution in [3.05, 3.63) is 62.0 Å². The quantitative estimate of drug-likeness (QED) is 0.491. The molecule has 148 valence electrons. The van der Waals surface area contributed by atoms with Crippen molar-refractivity contribution in [1.82, 2.24) is 20.1 Å². The Kier molecular flexibility index (Phi) is 4.93. The summed E-state index contributed by atoms with van der Waals surface area (Å²) in [6.45, 7) is 3.24. The van der Waals surface area contributed by atoms with Crippen molar-refractivity contribution in [2.75, 3.05) is 26.2 Å². The largest absolute Gasteiger partial charge is 0.371 e. The van der Waals surface area contributed by atoms with Crippen LogP contribution < -0.4 is 15.8 Å². The summed E-state index contributed by atoms with van der Waals surface area (Å²) in [5.74, 6) is 0.0851. The van der Waals surface area contributed by atoms with Gasteiger partial charge >= 0.3 is 0 Å². The number of aromatic nitrogens is 1. The molecule has 1 N–H and O–H groups in total. The first-order chi connectivity index (χ1) is 14.2. The van der Waals surface area contributed by atoms with Crippen LogP contribution in [0.1, 0.15) is 29.6 Å². The average Bonchev–Trinajstić information content (AvgIpc) is 3.55. The molecule has 0 spiro atoms. The van der Waals surface area contributed by atoms with Crippen molar-refractivity contribution >= 4 is 41.9 Å². The number of hydrogen-bond donors (Lipinski definition) is 1. The van der Waals surface area contributed by atoms with Crippen molar-refractivity contribution in [2.45, 2.75) is 19.3 Å². The highest BCUT2D eigenvalue weighted by molar-refractivity contribution is 14.2. The number of amides is 2. The van der Waals surface area contributed by atoms with E-state index in [0.717, 1.165) is 50.4 Å². The van der Waals surface area contributed by atoms with Crippen LogP contribution in [0.5, 0.6) is 0 Å². The number of hydrogen-bond acceptors (Lipinski definition) is 4. The van der Waals surface area contributed by atoms with Crippen LogP contribution in [0.4, 0.5) is 0 Å². The van der Waals surface area contributed by atoms with E-state index in [1.807, 2.05) is 11.0 Å². The third-order valence-electron chi connectivity index (χ3n) is 5.48. The first kappa shape index (κ1) is 18.5. The second-order valence-electron chi connectivity index (χ2n) is 7.33. The smallest absolute Gasteiger partial charge is 0.259 e. The van der Waals surface area contributed by atoms with Crippen molar-refractivity contribution in [2.24, 2.45) is 0 Å². The van der Waals surface area contributed by atoms with Crippen molar-refractivity contribution < 1.29 is 9.59 Å². The van der Waals surface area contributed by atoms with Crippen LogP contribution in [0.15, 0.2) is 42.3 Å². The van der Waals surface area contributed by atoms with E-state index in [2.05, 4.69) is 45.2 Å². The molecular formula is C22H21IN4O2. The Morgan fingerprint density at radius 1 is 1.21 bits per heavy atom. The molecule has 6 nitrogen and oxygen atoms in total. The van der Waals surface area contributed by atoms with E-state index in [-0.39, 0.29) is 11.8 Å². The third-order valence-corrected chi connectivity index (χ3v) is 8.27. The lowest BCUT2D eigenvalue weighted by Crippen LogP contribution is -2.48. The van der Waals surface area contributed by atoms with E-state index in [9.17, 15) is 9.59 Å². The Bertz CT molecular complexity index is 1150. The third kappa shape index (κ3) is 3.84. The maximum absolute atomic E-state index is 12.7. The fraction of sp³-hybridized carbons (Fsp3) is 0.318. The molecule has 2 amide bonds. The van der Waals surface area contributed by atoms with Gasteiger partial charge in [0.25, 0.3) is 5.91 Å². The van der Waals surface area contributed by atoms with E-state index in [1.165, 1.54) is 5.70 Å². The second-order valence-corrected chi connectivity index (χ2v) is 10.2. The van der Waals surface area contributed by atoms with Gasteiger partial charge in [0.15, 0.2) is 0 Å². The number of piperazine rings is 1. The molecule has 2 aliphatic heterocycles. The zero-order valence-corrected chi connectivity index (χ0v) is 18.1. The summed E-state index contributed by atoms with van der Waals surface area (Å²) in [6, 6.07) is 0. The van der Waals surface area contributed by atoms with E-state index in [1.54, 1.807) is 6.20 Å². The number of carbonyl (C=O) groups excluding carboxylic acids is 2. The zero-order chi connectivity index (χ0) is 19.8. The summed E-state index contributed by atoms with van der Waals surface area (Å²) < 4.78 is 1.90. The minimum atomic E-state index is -0.517. The first-order valence-corrected chi connectivity index (χ1v) is 12.0. The molecule has 3 heterocycles. The van der Waals surface area contributed by atoms with Crippen LogP contribution >= 0.6 is 20.7 Å². The van der Waals surface area contributed by atoms with Gasteiger partial charge < -0.3 is 15.1 Å². The summed E-state index contributed by atoms with van der Waals surface area (Å²) >= 11 is -0.517. The number of allylic oxidation sites excluding steroid dienone is 5. The van der Waals surface area contributed by atoms with Crippen LogP contribution in [-0.4, -0.2) is 56.4 Å². The summed E-state index contributed by atoms with van der Waals surface area (Å²) in [4.78, 5) is 33.9. The summed E-state index contributed by atoms with van der Waals surface area (Å²) in [6.07, 6.45) is 14.3. The molecule has 0 unspecified atom stereocenters. The summed E-state index contributed by atoms with van der Waals surface area (Å²) in [5, 5.41) is 4.89. The second kappa shape index (κ2) is 7.72. The molecular weight excluding hydrogens is 479 g/mol. The molecule has 0 atom stereocenters. The predicted molar refractivity (Wildman–Crippen MR) is 120 cm³/mol. The summed E-state index contributed by atoms with van der Waals surface area (Å²) in [5.41, 5.74) is 5.12. The number of rotatable bonds is 4. The van der Waals surface area contributed by atoms with Gasteiger partial charge in [0.2, 0.25) is 5.91 Å². The molecule has 0 bridgehead atoms. The lowest BCUT2D eigenvalue weighted by Gasteiger charge is -2.37. The Labute approximate surface area is 178 Å². The minimum absolute atomic E-state index is 0.0869. The van der Waals surface area contributed by atoms with Gasteiger partial charge in [-0.05, 0) is 26.8 Å². The molecule has 1 aromatic heterocycles. The number of carbonyl (C=O) groups is 2. The van der Waals surface area contributed by atoms with Gasteiger partial charge in [-0.15, -0.1) is 0 Å². The maximum Gasteiger partial charge on any atom is 0.259 e. The van der Waals surface area contributed by atoms with Crippen molar-refractivity contribution in [3.8, 4) is 0 Å². The van der Waals surface area contributed by atoms with Crippen molar-refractivity contribution in [3.63, 3.8) is 0 Å². The highest BCUT2D eigenvalue weighted by atomic mass is 127. The number of nitrogens with zero attached hydrogens (tertiary/aromatic N) is 3. The monoisotopic (exact) mass is 500 g/mol. The van der Waals surface area contributed by atoms with Gasteiger partial charge in [-0.2, -0.15) is 0 Å². The molecule has 5 rings (SSSR count). The molecule has 1 aromatic rings. The fourth-order valence-corrected chi connectivity index (χ4v) is 6.41. The molecule has 1 saturated heterocycles. The highest BCUT2D eigenvalue weighted by Gasteiger charge is 2.25. The highest BCUT2D eigenvalue weighted by Crippen LogP contribution is 2.20. The average molecular weight is 500 g/mol. The van der Waals surface area contributed by atoms with Crippen LogP contribution in [-0.2, 0) is 4.79 Å². The number of halogens is 1. The lowest BCUT2D eigenvalue weighted by atomic mass is 10.2. The predicted octanol–water partition coefficient (Wildman–Crippen LogP) is 0.484. The zero-order valence-electron chi connectivity index (χ0n) is 15.9. The fourth-order valence-electron chi connectivity index (χ4n) is 3.81. The molecule has 4 aliphatic rings. The van der Waals surface area contributed by atoms with Gasteiger partial charge in [0.1, 0.15) is 3.70 Å². The van der Waals surface area contributed by atoms with Crippen LogP contribution in [0.2, 0.25) is 0 Å².